The molecule has 0 N–H and O–H groups in total. The second kappa shape index (κ2) is 10.7. The number of aromatic nitrogens is 2. The summed E-state index contributed by atoms with van der Waals surface area (Å²) in [6, 6.07) is 54.7. The van der Waals surface area contributed by atoms with E-state index in [1.807, 2.05) is 0 Å². The van der Waals surface area contributed by atoms with Crippen molar-refractivity contribution >= 4 is 43.6 Å². The van der Waals surface area contributed by atoms with Gasteiger partial charge in [0.05, 0.1) is 22.1 Å². The molecule has 0 aliphatic heterocycles. The monoisotopic (exact) mass is 634 g/mol. The second-order valence-electron chi connectivity index (χ2n) is 15.7. The van der Waals surface area contributed by atoms with Crippen molar-refractivity contribution in [2.45, 2.75) is 56.8 Å². The second-order valence-corrected chi connectivity index (χ2v) is 15.7. The Balaban J connectivity index is 1.10. The van der Waals surface area contributed by atoms with Gasteiger partial charge in [-0.1, -0.05) is 111 Å². The van der Waals surface area contributed by atoms with Crippen LogP contribution >= 0.6 is 0 Å². The molecule has 2 aliphatic carbocycles. The van der Waals surface area contributed by atoms with E-state index in [1.165, 1.54) is 98.2 Å². The van der Waals surface area contributed by atoms with Crippen molar-refractivity contribution in [1.82, 2.24) is 9.13 Å². The third-order valence-corrected chi connectivity index (χ3v) is 12.3. The van der Waals surface area contributed by atoms with Gasteiger partial charge in [-0.25, -0.2) is 0 Å². The van der Waals surface area contributed by atoms with Crippen LogP contribution < -0.4 is 0 Å². The minimum atomic E-state index is 0.0840. The Labute approximate surface area is 288 Å². The zero-order chi connectivity index (χ0) is 32.7. The summed E-state index contributed by atoms with van der Waals surface area (Å²) in [6.45, 7) is 5.08. The molecular formula is C47H42N2. The van der Waals surface area contributed by atoms with Crippen LogP contribution in [0.2, 0.25) is 0 Å². The minimum Gasteiger partial charge on any atom is -0.309 e. The summed E-state index contributed by atoms with van der Waals surface area (Å²) in [6.07, 6.45) is 6.30. The first-order chi connectivity index (χ1) is 24.0. The number of nitrogens with zero attached hydrogens (tertiary/aromatic N) is 2. The van der Waals surface area contributed by atoms with Crippen LogP contribution in [-0.4, -0.2) is 9.13 Å². The summed E-state index contributed by atoms with van der Waals surface area (Å²) < 4.78 is 4.97. The lowest BCUT2D eigenvalue weighted by atomic mass is 9.49. The zero-order valence-corrected chi connectivity index (χ0v) is 28.4. The van der Waals surface area contributed by atoms with E-state index in [4.69, 9.17) is 0 Å². The molecule has 2 aromatic heterocycles. The normalized spacial score (nSPS) is 23.9. The molecule has 0 saturated heterocycles. The highest BCUT2D eigenvalue weighted by Crippen LogP contribution is 2.59. The van der Waals surface area contributed by atoms with Gasteiger partial charge in [0, 0.05) is 32.9 Å². The lowest BCUT2D eigenvalue weighted by Crippen LogP contribution is -2.48. The van der Waals surface area contributed by atoms with E-state index >= 15 is 0 Å². The van der Waals surface area contributed by atoms with Crippen molar-refractivity contribution < 1.29 is 0 Å². The minimum absolute atomic E-state index is 0.0840. The lowest BCUT2D eigenvalue weighted by molar-refractivity contribution is 0.0592. The Morgan fingerprint density at radius 1 is 0.490 bits per heavy atom. The Bertz CT molecular complexity index is 2430. The molecule has 2 saturated carbocycles. The van der Waals surface area contributed by atoms with E-state index in [-0.39, 0.29) is 10.8 Å². The van der Waals surface area contributed by atoms with Crippen molar-refractivity contribution in [2.24, 2.45) is 11.8 Å². The average Bonchev–Trinajstić information content (AvgIpc) is 3.64. The lowest BCUT2D eigenvalue weighted by Gasteiger charge is -2.55. The van der Waals surface area contributed by atoms with Crippen LogP contribution in [0.25, 0.3) is 55.0 Å². The fraction of sp³-hybridized carbons (Fsp3) is 0.234. The largest absolute Gasteiger partial charge is 0.309 e. The maximum absolute atomic E-state index is 2.58. The molecule has 49 heavy (non-hydrogen) atoms. The van der Waals surface area contributed by atoms with Crippen LogP contribution in [0, 0.1) is 11.8 Å². The first kappa shape index (κ1) is 28.9. The molecule has 2 heterocycles. The van der Waals surface area contributed by atoms with Crippen molar-refractivity contribution in [3.05, 3.63) is 157 Å². The number of fused-ring (bicyclic) bond motifs is 8. The van der Waals surface area contributed by atoms with E-state index in [1.54, 1.807) is 0 Å². The summed E-state index contributed by atoms with van der Waals surface area (Å²) in [5, 5.41) is 5.28. The number of benzene rings is 6. The summed E-state index contributed by atoms with van der Waals surface area (Å²) in [4.78, 5) is 0. The molecular weight excluding hydrogens is 593 g/mol. The number of hydrogen-bond acceptors (Lipinski definition) is 0. The maximum atomic E-state index is 2.58. The number of para-hydroxylation sites is 4. The van der Waals surface area contributed by atoms with Gasteiger partial charge in [-0.3, -0.25) is 0 Å². The Hall–Kier alpha value is -5.08. The third kappa shape index (κ3) is 4.39. The molecule has 0 amide bonds. The summed E-state index contributed by atoms with van der Waals surface area (Å²) in [5.74, 6) is 1.44. The molecule has 8 aromatic rings. The molecule has 0 spiro atoms. The van der Waals surface area contributed by atoms with Gasteiger partial charge in [0.25, 0.3) is 0 Å². The summed E-state index contributed by atoms with van der Waals surface area (Å²) in [7, 11) is 0. The van der Waals surface area contributed by atoms with Crippen molar-refractivity contribution in [2.75, 3.05) is 0 Å². The molecule has 2 bridgehead atoms. The van der Waals surface area contributed by atoms with Gasteiger partial charge in [-0.2, -0.15) is 0 Å². The third-order valence-electron chi connectivity index (χ3n) is 12.3. The molecule has 6 aromatic carbocycles. The van der Waals surface area contributed by atoms with Crippen LogP contribution in [0.5, 0.6) is 0 Å². The fourth-order valence-electron chi connectivity index (χ4n) is 10.7. The van der Waals surface area contributed by atoms with Gasteiger partial charge in [-0.05, 0) is 114 Å². The maximum Gasteiger partial charge on any atom is 0.0541 e. The van der Waals surface area contributed by atoms with Crippen LogP contribution in [-0.2, 0) is 10.8 Å². The van der Waals surface area contributed by atoms with Crippen LogP contribution in [0.3, 0.4) is 0 Å². The highest BCUT2D eigenvalue weighted by atomic mass is 15.0. The van der Waals surface area contributed by atoms with E-state index < -0.39 is 0 Å². The standard InChI is InChI=1S/C47H42N2/c1-32-25-33-29-46(2,34-13-11-15-36(26-34)48-42-21-7-3-17-38(42)39-18-4-8-22-43(39)48)31-47(28-32,30-33)35-14-12-16-37(27-35)49-44-23-9-5-19-40(44)41-20-6-10-24-45(41)49/h3-24,26-27,32-33H,25,28-31H2,1-2H3. The average molecular weight is 635 g/mol. The quantitative estimate of drug-likeness (QED) is 0.182. The van der Waals surface area contributed by atoms with Gasteiger partial charge in [0.1, 0.15) is 0 Å². The molecule has 2 heteroatoms. The molecule has 2 aliphatic rings. The smallest absolute Gasteiger partial charge is 0.0541 e. The number of rotatable bonds is 4. The van der Waals surface area contributed by atoms with Crippen LogP contribution in [0.15, 0.2) is 146 Å². The van der Waals surface area contributed by atoms with E-state index in [9.17, 15) is 0 Å². The Morgan fingerprint density at radius 3 is 1.45 bits per heavy atom. The molecule has 0 radical (unpaired) electrons. The van der Waals surface area contributed by atoms with Crippen LogP contribution in [0.1, 0.15) is 57.1 Å². The predicted octanol–water partition coefficient (Wildman–Crippen LogP) is 12.3. The molecule has 10 rings (SSSR count). The first-order valence-electron chi connectivity index (χ1n) is 18.2. The van der Waals surface area contributed by atoms with Crippen molar-refractivity contribution in [3.63, 3.8) is 0 Å². The zero-order valence-electron chi connectivity index (χ0n) is 28.4. The van der Waals surface area contributed by atoms with E-state index in [2.05, 4.69) is 169 Å². The summed E-state index contributed by atoms with van der Waals surface area (Å²) >= 11 is 0. The molecule has 240 valence electrons. The molecule has 2 fully saturated rings. The Kier molecular flexibility index (Phi) is 6.31. The SMILES string of the molecule is CC1CC2CC(C)(c3cccc(-n4c5ccccc5c5ccccc54)c3)CC(c3cccc(-n4c5ccccc5c5ccccc54)c3)(C1)C2. The Morgan fingerprint density at radius 2 is 0.939 bits per heavy atom. The van der Waals surface area contributed by atoms with Gasteiger partial charge < -0.3 is 9.13 Å². The molecule has 2 nitrogen and oxygen atoms in total. The topological polar surface area (TPSA) is 9.86 Å². The van der Waals surface area contributed by atoms with E-state index in [0.29, 0.717) is 0 Å². The van der Waals surface area contributed by atoms with Crippen molar-refractivity contribution in [3.8, 4) is 11.4 Å². The first-order valence-corrected chi connectivity index (χ1v) is 18.2. The van der Waals surface area contributed by atoms with Gasteiger partial charge in [-0.15, -0.1) is 0 Å². The fourth-order valence-corrected chi connectivity index (χ4v) is 10.7. The number of hydrogen-bond donors (Lipinski definition) is 0. The van der Waals surface area contributed by atoms with Crippen molar-refractivity contribution in [1.29, 1.82) is 0 Å². The highest BCUT2D eigenvalue weighted by Gasteiger charge is 2.51. The highest BCUT2D eigenvalue weighted by molar-refractivity contribution is 6.10. The molecule has 4 atom stereocenters. The van der Waals surface area contributed by atoms with Crippen LogP contribution in [0.4, 0.5) is 0 Å². The van der Waals surface area contributed by atoms with Gasteiger partial charge in [0.2, 0.25) is 0 Å². The summed E-state index contributed by atoms with van der Waals surface area (Å²) in [5.41, 5.74) is 10.9. The van der Waals surface area contributed by atoms with E-state index in [0.717, 1.165) is 11.8 Å². The van der Waals surface area contributed by atoms with Gasteiger partial charge in [0.15, 0.2) is 0 Å². The molecule has 4 unspecified atom stereocenters. The predicted molar refractivity (Wildman–Crippen MR) is 206 cm³/mol. The van der Waals surface area contributed by atoms with Gasteiger partial charge >= 0.3 is 0 Å².